The summed E-state index contributed by atoms with van der Waals surface area (Å²) in [7, 11) is 0. The van der Waals surface area contributed by atoms with Crippen LogP contribution in [-0.4, -0.2) is 18.3 Å². The molecule has 0 fully saturated rings. The summed E-state index contributed by atoms with van der Waals surface area (Å²) in [5, 5.41) is 0. The zero-order valence-corrected chi connectivity index (χ0v) is 10.3. The van der Waals surface area contributed by atoms with E-state index in [1.54, 1.807) is 13.8 Å². The Bertz CT molecular complexity index is 474. The molecule has 1 aromatic carbocycles. The summed E-state index contributed by atoms with van der Waals surface area (Å²) in [4.78, 5) is 11.6. The minimum absolute atomic E-state index is 0.258. The lowest BCUT2D eigenvalue weighted by Crippen LogP contribution is -2.33. The minimum atomic E-state index is -4.55. The molecule has 0 saturated carbocycles. The van der Waals surface area contributed by atoms with E-state index in [-0.39, 0.29) is 11.3 Å². The van der Waals surface area contributed by atoms with Crippen LogP contribution in [0, 0.1) is 0 Å². The van der Waals surface area contributed by atoms with Crippen molar-refractivity contribution in [3.8, 4) is 5.75 Å². The molecular formula is C13H12F4O2. The van der Waals surface area contributed by atoms with Gasteiger partial charge in [0.1, 0.15) is 5.75 Å². The molecule has 0 amide bonds. The summed E-state index contributed by atoms with van der Waals surface area (Å²) < 4.78 is 52.9. The Balaban J connectivity index is 2.83. The first-order valence-electron chi connectivity index (χ1n) is 5.36. The van der Waals surface area contributed by atoms with Crippen LogP contribution < -0.4 is 4.74 Å². The number of halogens is 4. The lowest BCUT2D eigenvalue weighted by Gasteiger charge is -2.16. The van der Waals surface area contributed by atoms with Gasteiger partial charge in [-0.1, -0.05) is 5.57 Å². The zero-order valence-electron chi connectivity index (χ0n) is 10.3. The van der Waals surface area contributed by atoms with Gasteiger partial charge in [-0.2, -0.15) is 17.6 Å². The van der Waals surface area contributed by atoms with Crippen molar-refractivity contribution in [3.05, 3.63) is 41.5 Å². The van der Waals surface area contributed by atoms with Crippen molar-refractivity contribution in [2.24, 2.45) is 0 Å². The quantitative estimate of drug-likeness (QED) is 0.460. The smallest absolute Gasteiger partial charge is 0.428 e. The number of hydrogen-bond acceptors (Lipinski definition) is 2. The van der Waals surface area contributed by atoms with Gasteiger partial charge in [0.2, 0.25) is 0 Å². The molecule has 104 valence electrons. The van der Waals surface area contributed by atoms with Gasteiger partial charge >= 0.3 is 12.5 Å². The fourth-order valence-corrected chi connectivity index (χ4v) is 1.23. The summed E-state index contributed by atoms with van der Waals surface area (Å²) in [6.45, 7) is 3.47. The van der Waals surface area contributed by atoms with Gasteiger partial charge in [-0.3, -0.25) is 4.79 Å². The lowest BCUT2D eigenvalue weighted by molar-refractivity contribution is -0.253. The Morgan fingerprint density at radius 2 is 1.74 bits per heavy atom. The molecule has 0 atom stereocenters. The maximum Gasteiger partial charge on any atom is 0.461 e. The number of ether oxygens (including phenoxy) is 1. The predicted octanol–water partition coefficient (Wildman–Crippen LogP) is 4.07. The van der Waals surface area contributed by atoms with Crippen molar-refractivity contribution >= 4 is 5.78 Å². The fourth-order valence-electron chi connectivity index (χ4n) is 1.23. The summed E-state index contributed by atoms with van der Waals surface area (Å²) in [5.41, 5.74) is 1.04. The monoisotopic (exact) mass is 276 g/mol. The van der Waals surface area contributed by atoms with Gasteiger partial charge in [0, 0.05) is 5.56 Å². The van der Waals surface area contributed by atoms with E-state index in [4.69, 9.17) is 0 Å². The second kappa shape index (κ2) is 5.86. The number of hydrogen-bond donors (Lipinski definition) is 0. The molecule has 19 heavy (non-hydrogen) atoms. The van der Waals surface area contributed by atoms with Crippen LogP contribution in [0.15, 0.2) is 35.9 Å². The first-order chi connectivity index (χ1) is 8.72. The molecule has 1 rings (SSSR count). The molecule has 0 saturated heterocycles. The molecule has 0 unspecified atom stereocenters. The normalized spacial score (nSPS) is 11.3. The van der Waals surface area contributed by atoms with E-state index in [0.717, 1.165) is 17.7 Å². The molecule has 6 heteroatoms. The van der Waals surface area contributed by atoms with E-state index < -0.39 is 18.3 Å². The molecule has 0 radical (unpaired) electrons. The predicted molar refractivity (Wildman–Crippen MR) is 61.8 cm³/mol. The summed E-state index contributed by atoms with van der Waals surface area (Å²) >= 11 is 0. The number of carbonyl (C=O) groups excluding carboxylic acids is 1. The molecular weight excluding hydrogens is 264 g/mol. The van der Waals surface area contributed by atoms with Crippen molar-refractivity contribution in [1.29, 1.82) is 0 Å². The van der Waals surface area contributed by atoms with Crippen LogP contribution in [0.4, 0.5) is 17.6 Å². The van der Waals surface area contributed by atoms with Gasteiger partial charge < -0.3 is 4.74 Å². The Hall–Kier alpha value is -1.85. The fraction of sp³-hybridized carbons (Fsp3) is 0.308. The summed E-state index contributed by atoms with van der Waals surface area (Å²) in [6.07, 6.45) is -7.09. The van der Waals surface area contributed by atoms with E-state index in [1.165, 1.54) is 18.2 Å². The highest BCUT2D eigenvalue weighted by Crippen LogP contribution is 2.27. The number of allylic oxidation sites excluding steroid dienone is 2. The number of rotatable bonds is 5. The Labute approximate surface area is 107 Å². The molecule has 2 nitrogen and oxygen atoms in total. The van der Waals surface area contributed by atoms with E-state index in [0.29, 0.717) is 0 Å². The Morgan fingerprint density at radius 1 is 1.21 bits per heavy atom. The number of ketones is 1. The third kappa shape index (κ3) is 4.39. The van der Waals surface area contributed by atoms with E-state index in [2.05, 4.69) is 4.74 Å². The van der Waals surface area contributed by atoms with Crippen molar-refractivity contribution in [2.45, 2.75) is 26.4 Å². The first kappa shape index (κ1) is 15.2. The highest BCUT2D eigenvalue weighted by molar-refractivity contribution is 6.04. The average Bonchev–Trinajstić information content (AvgIpc) is 2.28. The molecule has 0 heterocycles. The summed E-state index contributed by atoms with van der Waals surface area (Å²) in [6, 6.07) is 4.56. The van der Waals surface area contributed by atoms with Crippen molar-refractivity contribution in [2.75, 3.05) is 0 Å². The first-order valence-corrected chi connectivity index (χ1v) is 5.36. The number of alkyl halides is 4. The largest absolute Gasteiger partial charge is 0.461 e. The van der Waals surface area contributed by atoms with E-state index in [9.17, 15) is 22.4 Å². The van der Waals surface area contributed by atoms with Gasteiger partial charge in [0.25, 0.3) is 0 Å². The number of carbonyl (C=O) groups is 1. The second-order valence-corrected chi connectivity index (χ2v) is 4.07. The molecule has 0 aliphatic heterocycles. The third-order valence-electron chi connectivity index (χ3n) is 2.07. The average molecular weight is 276 g/mol. The van der Waals surface area contributed by atoms with Crippen molar-refractivity contribution < 1.29 is 27.1 Å². The van der Waals surface area contributed by atoms with Gasteiger partial charge in [-0.15, -0.1) is 0 Å². The molecule has 0 aromatic heterocycles. The molecule has 0 spiro atoms. The molecule has 0 aliphatic rings. The molecule has 0 bridgehead atoms. The topological polar surface area (TPSA) is 26.3 Å². The van der Waals surface area contributed by atoms with Gasteiger partial charge in [-0.25, -0.2) is 0 Å². The standard InChI is InChI=1S/C13H12F4O2/c1-8(2)7-11(18)9-3-5-10(6-4-9)19-13(16,17)12(14)15/h3-7,12H,1-2H3. The van der Waals surface area contributed by atoms with Crippen LogP contribution in [0.5, 0.6) is 5.75 Å². The van der Waals surface area contributed by atoms with Crippen LogP contribution in [0.2, 0.25) is 0 Å². The lowest BCUT2D eigenvalue weighted by atomic mass is 10.1. The zero-order chi connectivity index (χ0) is 14.6. The minimum Gasteiger partial charge on any atom is -0.428 e. The van der Waals surface area contributed by atoms with Crippen LogP contribution in [0.1, 0.15) is 24.2 Å². The van der Waals surface area contributed by atoms with Crippen LogP contribution in [-0.2, 0) is 0 Å². The van der Waals surface area contributed by atoms with Crippen molar-refractivity contribution in [3.63, 3.8) is 0 Å². The molecule has 0 N–H and O–H groups in total. The van der Waals surface area contributed by atoms with E-state index in [1.807, 2.05) is 0 Å². The number of benzene rings is 1. The van der Waals surface area contributed by atoms with Gasteiger partial charge in [0.05, 0.1) is 0 Å². The van der Waals surface area contributed by atoms with Gasteiger partial charge in [0.15, 0.2) is 5.78 Å². The Morgan fingerprint density at radius 3 is 2.16 bits per heavy atom. The van der Waals surface area contributed by atoms with Crippen LogP contribution in [0.25, 0.3) is 0 Å². The van der Waals surface area contributed by atoms with Crippen LogP contribution in [0.3, 0.4) is 0 Å². The Kier molecular flexibility index (Phi) is 4.69. The second-order valence-electron chi connectivity index (χ2n) is 4.07. The maximum atomic E-state index is 12.6. The maximum absolute atomic E-state index is 12.6. The summed E-state index contributed by atoms with van der Waals surface area (Å²) in [5.74, 6) is -0.730. The third-order valence-corrected chi connectivity index (χ3v) is 2.07. The molecule has 1 aromatic rings. The highest BCUT2D eigenvalue weighted by atomic mass is 19.3. The SMILES string of the molecule is CC(C)=CC(=O)c1ccc(OC(F)(F)C(F)F)cc1. The molecule has 0 aliphatic carbocycles. The van der Waals surface area contributed by atoms with Crippen LogP contribution >= 0.6 is 0 Å². The van der Waals surface area contributed by atoms with Gasteiger partial charge in [-0.05, 0) is 44.2 Å². The van der Waals surface area contributed by atoms with Crippen molar-refractivity contribution in [1.82, 2.24) is 0 Å². The highest BCUT2D eigenvalue weighted by Gasteiger charge is 2.43. The van der Waals surface area contributed by atoms with E-state index >= 15 is 0 Å².